The van der Waals surface area contributed by atoms with E-state index >= 15 is 0 Å². The second kappa shape index (κ2) is 6.41. The summed E-state index contributed by atoms with van der Waals surface area (Å²) < 4.78 is 14.9. The highest BCUT2D eigenvalue weighted by Gasteiger charge is 2.18. The summed E-state index contributed by atoms with van der Waals surface area (Å²) in [5.74, 6) is -0.270. The Bertz CT molecular complexity index is 515. The Balaban J connectivity index is 2.33. The minimum Gasteiger partial charge on any atom is -0.306 e. The number of pyridine rings is 1. The molecule has 96 valence electrons. The zero-order valence-corrected chi connectivity index (χ0v) is 12.4. The van der Waals surface area contributed by atoms with E-state index < -0.39 is 0 Å². The van der Waals surface area contributed by atoms with Crippen LogP contribution in [0.15, 0.2) is 33.7 Å². The summed E-state index contributed by atoms with van der Waals surface area (Å²) in [6, 6.07) is 3.64. The highest BCUT2D eigenvalue weighted by atomic mass is 79.9. The van der Waals surface area contributed by atoms with Crippen LogP contribution >= 0.6 is 27.3 Å². The highest BCUT2D eigenvalue weighted by molar-refractivity contribution is 9.11. The lowest BCUT2D eigenvalue weighted by atomic mass is 10.0. The molecule has 2 heterocycles. The largest absolute Gasteiger partial charge is 0.306 e. The van der Waals surface area contributed by atoms with Crippen LogP contribution in [0.5, 0.6) is 0 Å². The average molecular weight is 329 g/mol. The lowest BCUT2D eigenvalue weighted by Crippen LogP contribution is -2.23. The van der Waals surface area contributed by atoms with E-state index in [1.165, 1.54) is 6.20 Å². The van der Waals surface area contributed by atoms with Gasteiger partial charge in [-0.1, -0.05) is 6.92 Å². The van der Waals surface area contributed by atoms with Gasteiger partial charge in [0.2, 0.25) is 0 Å². The first-order valence-corrected chi connectivity index (χ1v) is 7.46. The predicted octanol–water partition coefficient (Wildman–Crippen LogP) is 4.13. The Morgan fingerprint density at radius 1 is 1.56 bits per heavy atom. The lowest BCUT2D eigenvalue weighted by Gasteiger charge is -2.18. The molecule has 0 fully saturated rings. The van der Waals surface area contributed by atoms with E-state index in [0.717, 1.165) is 22.3 Å². The van der Waals surface area contributed by atoms with Crippen molar-refractivity contribution < 1.29 is 4.39 Å². The molecule has 1 N–H and O–H groups in total. The van der Waals surface area contributed by atoms with Crippen molar-refractivity contribution in [2.75, 3.05) is 6.54 Å². The third kappa shape index (κ3) is 3.16. The van der Waals surface area contributed by atoms with Crippen LogP contribution in [-0.4, -0.2) is 11.5 Å². The van der Waals surface area contributed by atoms with Gasteiger partial charge < -0.3 is 5.32 Å². The SMILES string of the molecule is CCCNC(c1csc(Br)c1)c1ccncc1F. The van der Waals surface area contributed by atoms with E-state index in [0.29, 0.717) is 5.56 Å². The molecule has 0 aliphatic heterocycles. The minimum atomic E-state index is -0.270. The van der Waals surface area contributed by atoms with Gasteiger partial charge in [0.1, 0.15) is 5.82 Å². The van der Waals surface area contributed by atoms with E-state index in [1.54, 1.807) is 23.6 Å². The van der Waals surface area contributed by atoms with Gasteiger partial charge in [0.05, 0.1) is 16.0 Å². The number of aromatic nitrogens is 1. The first-order valence-electron chi connectivity index (χ1n) is 5.79. The van der Waals surface area contributed by atoms with Gasteiger partial charge in [-0.15, -0.1) is 11.3 Å². The molecule has 1 atom stereocenters. The topological polar surface area (TPSA) is 24.9 Å². The van der Waals surface area contributed by atoms with E-state index in [4.69, 9.17) is 0 Å². The first kappa shape index (κ1) is 13.6. The first-order chi connectivity index (χ1) is 8.72. The van der Waals surface area contributed by atoms with Crippen LogP contribution in [0.1, 0.15) is 30.5 Å². The van der Waals surface area contributed by atoms with E-state index in [-0.39, 0.29) is 11.9 Å². The van der Waals surface area contributed by atoms with Crippen LogP contribution in [0.4, 0.5) is 4.39 Å². The number of rotatable bonds is 5. The Morgan fingerprint density at radius 3 is 3.00 bits per heavy atom. The molecule has 2 nitrogen and oxygen atoms in total. The molecular formula is C13H14BrFN2S. The number of hydrogen-bond acceptors (Lipinski definition) is 3. The Hall–Kier alpha value is -0.780. The summed E-state index contributed by atoms with van der Waals surface area (Å²) in [7, 11) is 0. The smallest absolute Gasteiger partial charge is 0.146 e. The molecule has 0 spiro atoms. The Morgan fingerprint density at radius 2 is 2.39 bits per heavy atom. The van der Waals surface area contributed by atoms with E-state index in [2.05, 4.69) is 33.2 Å². The molecule has 0 saturated carbocycles. The van der Waals surface area contributed by atoms with Crippen LogP contribution in [0.3, 0.4) is 0 Å². The molecule has 2 rings (SSSR count). The van der Waals surface area contributed by atoms with Gasteiger partial charge in [-0.2, -0.15) is 0 Å². The second-order valence-corrected chi connectivity index (χ2v) is 6.26. The molecule has 0 bridgehead atoms. The van der Waals surface area contributed by atoms with Gasteiger partial charge >= 0.3 is 0 Å². The maximum absolute atomic E-state index is 13.8. The summed E-state index contributed by atoms with van der Waals surface area (Å²) in [4.78, 5) is 3.80. The van der Waals surface area contributed by atoms with Crippen LogP contribution in [-0.2, 0) is 0 Å². The molecule has 0 aliphatic rings. The van der Waals surface area contributed by atoms with Crippen LogP contribution in [0.2, 0.25) is 0 Å². The Kier molecular flexibility index (Phi) is 4.86. The summed E-state index contributed by atoms with van der Waals surface area (Å²) in [6.45, 7) is 2.94. The van der Waals surface area contributed by atoms with Gasteiger partial charge in [-0.25, -0.2) is 4.39 Å². The van der Waals surface area contributed by atoms with Gasteiger partial charge in [0, 0.05) is 11.8 Å². The van der Waals surface area contributed by atoms with Crippen molar-refractivity contribution in [3.63, 3.8) is 0 Å². The van der Waals surface area contributed by atoms with Gasteiger partial charge in [0.15, 0.2) is 0 Å². The molecular weight excluding hydrogens is 315 g/mol. The number of nitrogens with one attached hydrogen (secondary N) is 1. The maximum Gasteiger partial charge on any atom is 0.146 e. The predicted molar refractivity (Wildman–Crippen MR) is 76.4 cm³/mol. The fourth-order valence-corrected chi connectivity index (χ4v) is 2.99. The highest BCUT2D eigenvalue weighted by Crippen LogP contribution is 2.30. The molecule has 1 unspecified atom stereocenters. The Labute approximate surface area is 118 Å². The standard InChI is InChI=1S/C13H14BrFN2S/c1-2-4-17-13(9-6-12(14)18-8-9)10-3-5-16-7-11(10)15/h3,5-8,13,17H,2,4H2,1H3. The third-order valence-corrected chi connectivity index (χ3v) is 4.16. The minimum absolute atomic E-state index is 0.115. The molecule has 0 saturated heterocycles. The van der Waals surface area contributed by atoms with Gasteiger partial charge in [-0.3, -0.25) is 4.98 Å². The molecule has 0 aliphatic carbocycles. The van der Waals surface area contributed by atoms with E-state index in [9.17, 15) is 4.39 Å². The number of hydrogen-bond donors (Lipinski definition) is 1. The summed E-state index contributed by atoms with van der Waals surface area (Å²) >= 11 is 5.05. The summed E-state index contributed by atoms with van der Waals surface area (Å²) in [5.41, 5.74) is 1.72. The monoisotopic (exact) mass is 328 g/mol. The average Bonchev–Trinajstić information content (AvgIpc) is 2.78. The van der Waals surface area contributed by atoms with Crippen LogP contribution < -0.4 is 5.32 Å². The van der Waals surface area contributed by atoms with E-state index in [1.807, 2.05) is 11.4 Å². The number of halogens is 2. The zero-order valence-electron chi connectivity index (χ0n) is 9.99. The van der Waals surface area contributed by atoms with Crippen molar-refractivity contribution in [2.24, 2.45) is 0 Å². The van der Waals surface area contributed by atoms with Crippen molar-refractivity contribution >= 4 is 27.3 Å². The maximum atomic E-state index is 13.8. The molecule has 0 aromatic carbocycles. The van der Waals surface area contributed by atoms with Crippen molar-refractivity contribution in [1.29, 1.82) is 0 Å². The molecule has 2 aromatic heterocycles. The third-order valence-electron chi connectivity index (χ3n) is 2.63. The van der Waals surface area contributed by atoms with Crippen molar-refractivity contribution in [3.05, 3.63) is 50.6 Å². The van der Waals surface area contributed by atoms with Crippen molar-refractivity contribution in [2.45, 2.75) is 19.4 Å². The summed E-state index contributed by atoms with van der Waals surface area (Å²) in [6.07, 6.45) is 3.90. The summed E-state index contributed by atoms with van der Waals surface area (Å²) in [5, 5.41) is 5.41. The van der Waals surface area contributed by atoms with Gasteiger partial charge in [0.25, 0.3) is 0 Å². The molecule has 18 heavy (non-hydrogen) atoms. The van der Waals surface area contributed by atoms with Gasteiger partial charge in [-0.05, 0) is 52.0 Å². The molecule has 0 amide bonds. The second-order valence-electron chi connectivity index (χ2n) is 3.97. The fraction of sp³-hybridized carbons (Fsp3) is 0.308. The quantitative estimate of drug-likeness (QED) is 0.892. The zero-order chi connectivity index (χ0) is 13.0. The molecule has 2 aromatic rings. The number of thiophene rings is 1. The van der Waals surface area contributed by atoms with Crippen LogP contribution in [0.25, 0.3) is 0 Å². The number of nitrogens with zero attached hydrogens (tertiary/aromatic N) is 1. The lowest BCUT2D eigenvalue weighted by molar-refractivity contribution is 0.544. The molecule has 5 heteroatoms. The van der Waals surface area contributed by atoms with Crippen molar-refractivity contribution in [1.82, 2.24) is 10.3 Å². The van der Waals surface area contributed by atoms with Crippen LogP contribution in [0, 0.1) is 5.82 Å². The normalized spacial score (nSPS) is 12.6. The fourth-order valence-electron chi connectivity index (χ4n) is 1.79. The van der Waals surface area contributed by atoms with Crippen molar-refractivity contribution in [3.8, 4) is 0 Å². The molecule has 0 radical (unpaired) electrons.